The summed E-state index contributed by atoms with van der Waals surface area (Å²) >= 11 is 5.36. The number of rotatable bonds is 7. The van der Waals surface area contributed by atoms with E-state index in [2.05, 4.69) is 28.4 Å². The molecular weight excluding hydrogens is 258 g/mol. The molecule has 0 unspecified atom stereocenters. The predicted octanol–water partition coefficient (Wildman–Crippen LogP) is 3.61. The normalized spacial score (nSPS) is 11.3. The molecule has 2 aromatic rings. The SMILES string of the molecule is CCCCOCCCn1c(=S)[nH]c2c(C)ccnc21. The van der Waals surface area contributed by atoms with Gasteiger partial charge in [-0.1, -0.05) is 13.3 Å². The molecule has 0 amide bonds. The lowest BCUT2D eigenvalue weighted by Gasteiger charge is -2.05. The number of fused-ring (bicyclic) bond motifs is 1. The molecule has 0 fully saturated rings. The fraction of sp³-hybridized carbons (Fsp3) is 0.571. The zero-order chi connectivity index (χ0) is 13.7. The number of unbranched alkanes of at least 4 members (excludes halogenated alkanes) is 1. The van der Waals surface area contributed by atoms with E-state index in [1.165, 1.54) is 12.0 Å². The molecule has 0 aliphatic carbocycles. The average molecular weight is 279 g/mol. The van der Waals surface area contributed by atoms with Gasteiger partial charge >= 0.3 is 0 Å². The molecule has 5 heteroatoms. The number of aromatic amines is 1. The van der Waals surface area contributed by atoms with Gasteiger partial charge in [-0.2, -0.15) is 0 Å². The molecule has 0 atom stereocenters. The Bertz CT molecular complexity index is 588. The predicted molar refractivity (Wildman–Crippen MR) is 80.0 cm³/mol. The molecule has 19 heavy (non-hydrogen) atoms. The summed E-state index contributed by atoms with van der Waals surface area (Å²) in [6.45, 7) is 6.71. The summed E-state index contributed by atoms with van der Waals surface area (Å²) in [5.74, 6) is 0. The minimum atomic E-state index is 0.741. The van der Waals surface area contributed by atoms with E-state index < -0.39 is 0 Å². The van der Waals surface area contributed by atoms with Gasteiger partial charge in [0, 0.05) is 26.0 Å². The van der Waals surface area contributed by atoms with Crippen LogP contribution in [0.25, 0.3) is 11.2 Å². The lowest BCUT2D eigenvalue weighted by Crippen LogP contribution is -2.04. The van der Waals surface area contributed by atoms with Crippen LogP contribution in [-0.4, -0.2) is 27.7 Å². The van der Waals surface area contributed by atoms with Crippen LogP contribution >= 0.6 is 12.2 Å². The molecule has 0 aliphatic rings. The number of H-pyrrole nitrogens is 1. The molecule has 104 valence electrons. The average Bonchev–Trinajstić information content (AvgIpc) is 2.72. The van der Waals surface area contributed by atoms with Gasteiger partial charge < -0.3 is 14.3 Å². The van der Waals surface area contributed by atoms with Crippen LogP contribution < -0.4 is 0 Å². The van der Waals surface area contributed by atoms with Gasteiger partial charge in [-0.25, -0.2) is 4.98 Å². The van der Waals surface area contributed by atoms with Gasteiger partial charge in [-0.3, -0.25) is 0 Å². The Morgan fingerprint density at radius 1 is 1.37 bits per heavy atom. The molecule has 2 heterocycles. The van der Waals surface area contributed by atoms with Gasteiger partial charge in [0.05, 0.1) is 5.52 Å². The highest BCUT2D eigenvalue weighted by atomic mass is 32.1. The maximum absolute atomic E-state index is 5.57. The van der Waals surface area contributed by atoms with Crippen LogP contribution in [0.2, 0.25) is 0 Å². The van der Waals surface area contributed by atoms with Crippen LogP contribution in [0.1, 0.15) is 31.7 Å². The summed E-state index contributed by atoms with van der Waals surface area (Å²) in [7, 11) is 0. The van der Waals surface area contributed by atoms with Gasteiger partial charge in [0.15, 0.2) is 10.4 Å². The number of nitrogens with zero attached hydrogens (tertiary/aromatic N) is 2. The minimum Gasteiger partial charge on any atom is -0.381 e. The first-order valence-corrected chi connectivity index (χ1v) is 7.26. The van der Waals surface area contributed by atoms with Crippen LogP contribution in [-0.2, 0) is 11.3 Å². The van der Waals surface area contributed by atoms with Crippen molar-refractivity contribution in [3.63, 3.8) is 0 Å². The minimum absolute atomic E-state index is 0.741. The van der Waals surface area contributed by atoms with Crippen molar-refractivity contribution in [3.8, 4) is 0 Å². The van der Waals surface area contributed by atoms with E-state index in [-0.39, 0.29) is 0 Å². The van der Waals surface area contributed by atoms with E-state index in [9.17, 15) is 0 Å². The maximum atomic E-state index is 5.57. The highest BCUT2D eigenvalue weighted by Gasteiger charge is 2.06. The number of nitrogens with one attached hydrogen (secondary N) is 1. The van der Waals surface area contributed by atoms with E-state index in [1.54, 1.807) is 0 Å². The Balaban J connectivity index is 1.99. The van der Waals surface area contributed by atoms with Crippen molar-refractivity contribution >= 4 is 23.4 Å². The number of hydrogen-bond donors (Lipinski definition) is 1. The van der Waals surface area contributed by atoms with Crippen molar-refractivity contribution in [2.45, 2.75) is 39.7 Å². The lowest BCUT2D eigenvalue weighted by atomic mass is 10.3. The second-order valence-corrected chi connectivity index (χ2v) is 5.11. The Morgan fingerprint density at radius 2 is 2.16 bits per heavy atom. The fourth-order valence-corrected chi connectivity index (χ4v) is 2.33. The first-order valence-electron chi connectivity index (χ1n) is 6.86. The lowest BCUT2D eigenvalue weighted by molar-refractivity contribution is 0.126. The zero-order valence-electron chi connectivity index (χ0n) is 11.6. The van der Waals surface area contributed by atoms with E-state index in [4.69, 9.17) is 17.0 Å². The number of hydrogen-bond acceptors (Lipinski definition) is 3. The van der Waals surface area contributed by atoms with E-state index in [0.29, 0.717) is 0 Å². The Kier molecular flexibility index (Phi) is 5.10. The molecule has 2 aromatic heterocycles. The van der Waals surface area contributed by atoms with Crippen molar-refractivity contribution < 1.29 is 4.74 Å². The molecule has 0 aromatic carbocycles. The molecule has 2 rings (SSSR count). The summed E-state index contributed by atoms with van der Waals surface area (Å²) < 4.78 is 8.37. The van der Waals surface area contributed by atoms with E-state index >= 15 is 0 Å². The highest BCUT2D eigenvalue weighted by molar-refractivity contribution is 7.71. The van der Waals surface area contributed by atoms with Crippen LogP contribution in [0.4, 0.5) is 0 Å². The number of ether oxygens (including phenoxy) is 1. The third-order valence-electron chi connectivity index (χ3n) is 3.18. The first kappa shape index (κ1) is 14.2. The second-order valence-electron chi connectivity index (χ2n) is 4.73. The van der Waals surface area contributed by atoms with Gasteiger partial charge in [-0.15, -0.1) is 0 Å². The van der Waals surface area contributed by atoms with Crippen LogP contribution in [0.5, 0.6) is 0 Å². The summed E-state index contributed by atoms with van der Waals surface area (Å²) in [5.41, 5.74) is 3.16. The standard InChI is InChI=1S/C14H21N3OS/c1-3-4-9-18-10-5-8-17-13-12(16-14(17)19)11(2)6-7-15-13/h6-7H,3-5,8-10H2,1-2H3,(H,16,19). The van der Waals surface area contributed by atoms with Gasteiger partial charge in [0.2, 0.25) is 0 Å². The molecule has 4 nitrogen and oxygen atoms in total. The second kappa shape index (κ2) is 6.82. The molecule has 0 aliphatic heterocycles. The van der Waals surface area contributed by atoms with Crippen LogP contribution in [0, 0.1) is 11.7 Å². The van der Waals surface area contributed by atoms with Crippen LogP contribution in [0.3, 0.4) is 0 Å². The maximum Gasteiger partial charge on any atom is 0.179 e. The topological polar surface area (TPSA) is 42.8 Å². The number of aryl methyl sites for hydroxylation is 2. The van der Waals surface area contributed by atoms with Crippen molar-refractivity contribution in [1.82, 2.24) is 14.5 Å². The molecule has 0 saturated heterocycles. The molecule has 1 N–H and O–H groups in total. The first-order chi connectivity index (χ1) is 9.24. The molecular formula is C14H21N3OS. The quantitative estimate of drug-likeness (QED) is 0.622. The largest absolute Gasteiger partial charge is 0.381 e. The van der Waals surface area contributed by atoms with E-state index in [1.807, 2.05) is 12.3 Å². The zero-order valence-corrected chi connectivity index (χ0v) is 12.4. The Morgan fingerprint density at radius 3 is 2.95 bits per heavy atom. The number of imidazole rings is 1. The highest BCUT2D eigenvalue weighted by Crippen LogP contribution is 2.15. The molecule has 0 bridgehead atoms. The summed E-state index contributed by atoms with van der Waals surface area (Å²) in [4.78, 5) is 7.65. The van der Waals surface area contributed by atoms with E-state index in [0.717, 1.165) is 48.5 Å². The summed E-state index contributed by atoms with van der Waals surface area (Å²) in [5, 5.41) is 0. The molecule has 0 saturated carbocycles. The van der Waals surface area contributed by atoms with Crippen LogP contribution in [0.15, 0.2) is 12.3 Å². The molecule has 0 radical (unpaired) electrons. The third kappa shape index (κ3) is 3.42. The molecule has 0 spiro atoms. The van der Waals surface area contributed by atoms with Crippen molar-refractivity contribution in [3.05, 3.63) is 22.6 Å². The van der Waals surface area contributed by atoms with Gasteiger partial charge in [-0.05, 0) is 43.6 Å². The Hall–Kier alpha value is -1.20. The Labute approximate surface area is 118 Å². The van der Waals surface area contributed by atoms with Crippen molar-refractivity contribution in [1.29, 1.82) is 0 Å². The fourth-order valence-electron chi connectivity index (χ4n) is 2.05. The van der Waals surface area contributed by atoms with Crippen molar-refractivity contribution in [2.75, 3.05) is 13.2 Å². The summed E-state index contributed by atoms with van der Waals surface area (Å²) in [6, 6.07) is 1.99. The van der Waals surface area contributed by atoms with Gasteiger partial charge in [0.25, 0.3) is 0 Å². The number of pyridine rings is 1. The monoisotopic (exact) mass is 279 g/mol. The summed E-state index contributed by atoms with van der Waals surface area (Å²) in [6.07, 6.45) is 5.10. The van der Waals surface area contributed by atoms with Gasteiger partial charge in [0.1, 0.15) is 0 Å². The number of aromatic nitrogens is 3. The smallest absolute Gasteiger partial charge is 0.179 e. The third-order valence-corrected chi connectivity index (χ3v) is 3.51. The van der Waals surface area contributed by atoms with Crippen molar-refractivity contribution in [2.24, 2.45) is 0 Å².